The lowest BCUT2D eigenvalue weighted by molar-refractivity contribution is -0.190. The number of carbonyl (C=O) groups is 1. The first-order valence-corrected chi connectivity index (χ1v) is 14.9. The number of amides is 1. The maximum absolute atomic E-state index is 13.5. The third-order valence-corrected chi connectivity index (χ3v) is 11.5. The molecule has 5 aliphatic rings. The van der Waals surface area contributed by atoms with Crippen molar-refractivity contribution >= 4 is 33.0 Å². The van der Waals surface area contributed by atoms with Crippen LogP contribution in [0.4, 0.5) is 5.69 Å². The topological polar surface area (TPSA) is 73.2 Å². The van der Waals surface area contributed by atoms with Crippen molar-refractivity contribution in [3.8, 4) is 11.5 Å². The second-order valence-electron chi connectivity index (χ2n) is 12.3. The predicted octanol–water partition coefficient (Wildman–Crippen LogP) is 4.90. The minimum absolute atomic E-state index is 0.00831. The van der Waals surface area contributed by atoms with E-state index in [1.54, 1.807) is 24.3 Å². The van der Waals surface area contributed by atoms with E-state index in [4.69, 9.17) is 4.74 Å². The van der Waals surface area contributed by atoms with Crippen molar-refractivity contribution in [2.75, 3.05) is 18.0 Å². The lowest BCUT2D eigenvalue weighted by atomic mass is 9.48. The van der Waals surface area contributed by atoms with Gasteiger partial charge in [0.05, 0.1) is 22.7 Å². The van der Waals surface area contributed by atoms with Gasteiger partial charge in [0, 0.05) is 40.0 Å². The van der Waals surface area contributed by atoms with Gasteiger partial charge in [0.25, 0.3) is 0 Å². The van der Waals surface area contributed by atoms with E-state index in [-0.39, 0.29) is 23.7 Å². The number of aromatic hydroxyl groups is 1. The fourth-order valence-electron chi connectivity index (χ4n) is 8.73. The van der Waals surface area contributed by atoms with Gasteiger partial charge >= 0.3 is 0 Å². The molecule has 7 heteroatoms. The largest absolute Gasteiger partial charge is 0.504 e. The fourth-order valence-corrected chi connectivity index (χ4v) is 9.79. The molecule has 3 heterocycles. The Labute approximate surface area is 226 Å². The Morgan fingerprint density at radius 3 is 2.79 bits per heavy atom. The number of anilines is 1. The highest BCUT2D eigenvalue weighted by atomic mass is 32.1. The summed E-state index contributed by atoms with van der Waals surface area (Å²) in [6.45, 7) is 5.70. The average Bonchev–Trinajstić information content (AvgIpc) is 3.54. The van der Waals surface area contributed by atoms with E-state index in [1.165, 1.54) is 23.1 Å². The van der Waals surface area contributed by atoms with Gasteiger partial charge in [0.1, 0.15) is 6.10 Å². The molecule has 3 fully saturated rings. The number of aliphatic hydroxyl groups is 1. The van der Waals surface area contributed by atoms with Crippen LogP contribution in [-0.4, -0.2) is 57.9 Å². The third-order valence-electron chi connectivity index (χ3n) is 10.4. The quantitative estimate of drug-likeness (QED) is 0.502. The zero-order valence-electron chi connectivity index (χ0n) is 21.9. The SMILES string of the molecule is CC(=O)N(c1c(C)sc2ccccc12)[C@H]1CC[C@@]2(O)[C@H]3Cc4ccc(O)c5c4[C@@]2(CCN3CC2CC2)[C@H]1O5. The van der Waals surface area contributed by atoms with Crippen LogP contribution in [0.5, 0.6) is 11.5 Å². The van der Waals surface area contributed by atoms with Crippen LogP contribution in [0, 0.1) is 12.8 Å². The van der Waals surface area contributed by atoms with Gasteiger partial charge in [0.2, 0.25) is 5.91 Å². The summed E-state index contributed by atoms with van der Waals surface area (Å²) in [5.41, 5.74) is 1.56. The maximum Gasteiger partial charge on any atom is 0.224 e. The molecule has 0 radical (unpaired) electrons. The number of aryl methyl sites for hydroxylation is 1. The van der Waals surface area contributed by atoms with E-state index in [0.29, 0.717) is 18.6 Å². The molecule has 2 aromatic carbocycles. The number of phenols is 1. The van der Waals surface area contributed by atoms with Crippen LogP contribution < -0.4 is 9.64 Å². The highest BCUT2D eigenvalue weighted by molar-refractivity contribution is 7.19. The lowest BCUT2D eigenvalue weighted by Gasteiger charge is -2.64. The summed E-state index contributed by atoms with van der Waals surface area (Å²) in [6, 6.07) is 11.9. The summed E-state index contributed by atoms with van der Waals surface area (Å²) in [7, 11) is 0. The monoisotopic (exact) mass is 530 g/mol. The van der Waals surface area contributed by atoms with Gasteiger partial charge < -0.3 is 19.8 Å². The molecule has 2 bridgehead atoms. The van der Waals surface area contributed by atoms with Gasteiger partial charge in [-0.1, -0.05) is 24.3 Å². The number of phenolic OH excluding ortho intramolecular Hbond substituents is 1. The number of benzene rings is 2. The fraction of sp³-hybridized carbons (Fsp3) is 0.516. The van der Waals surface area contributed by atoms with E-state index in [9.17, 15) is 15.0 Å². The second-order valence-corrected chi connectivity index (χ2v) is 13.5. The van der Waals surface area contributed by atoms with E-state index in [2.05, 4.69) is 24.0 Å². The summed E-state index contributed by atoms with van der Waals surface area (Å²) in [5.74, 6) is 1.41. The van der Waals surface area contributed by atoms with Crippen LogP contribution in [0.15, 0.2) is 36.4 Å². The standard InChI is InChI=1S/C31H34N2O4S/c1-17-27(21-5-3-4-6-24(21)38-17)33(18(2)34)22-11-12-31(36)25-15-20-9-10-23(35)28-26(20)30(31,29(22)37-28)13-14-32(25)16-19-7-8-19/h3-6,9-10,19,22,25,29,35-36H,7-8,11-16H2,1-2H3/t22-,25+,29-,30-,31+/m0/s1. The second kappa shape index (κ2) is 7.74. The number of rotatable bonds is 4. The molecule has 1 spiro atoms. The molecule has 2 N–H and O–H groups in total. The van der Waals surface area contributed by atoms with E-state index in [1.807, 2.05) is 23.1 Å². The van der Waals surface area contributed by atoms with Gasteiger partial charge in [-0.25, -0.2) is 0 Å². The van der Waals surface area contributed by atoms with Crippen LogP contribution in [0.3, 0.4) is 0 Å². The van der Waals surface area contributed by atoms with Crippen LogP contribution in [0.25, 0.3) is 10.1 Å². The molecule has 0 unspecified atom stereocenters. The molecule has 1 saturated heterocycles. The number of piperidine rings is 1. The minimum Gasteiger partial charge on any atom is -0.504 e. The van der Waals surface area contributed by atoms with E-state index in [0.717, 1.165) is 53.4 Å². The Morgan fingerprint density at radius 1 is 1.18 bits per heavy atom. The highest BCUT2D eigenvalue weighted by Crippen LogP contribution is 2.66. The van der Waals surface area contributed by atoms with Gasteiger partial charge in [-0.15, -0.1) is 11.3 Å². The predicted molar refractivity (Wildman–Crippen MR) is 148 cm³/mol. The molecule has 2 aliphatic heterocycles. The van der Waals surface area contributed by atoms with Crippen molar-refractivity contribution in [2.24, 2.45) is 5.92 Å². The third kappa shape index (κ3) is 2.82. The molecule has 5 atom stereocenters. The number of ether oxygens (including phenoxy) is 1. The molecule has 6 nitrogen and oxygen atoms in total. The number of fused-ring (bicyclic) bond motifs is 1. The van der Waals surface area contributed by atoms with Crippen LogP contribution in [0.1, 0.15) is 55.0 Å². The Bertz CT molecular complexity index is 1500. The number of hydrogen-bond acceptors (Lipinski definition) is 6. The Kier molecular flexibility index (Phi) is 4.74. The Hall–Kier alpha value is -2.61. The molecule has 1 amide bonds. The van der Waals surface area contributed by atoms with Crippen molar-refractivity contribution in [3.63, 3.8) is 0 Å². The van der Waals surface area contributed by atoms with Gasteiger partial charge in [0.15, 0.2) is 11.5 Å². The molecular formula is C31H34N2O4S. The van der Waals surface area contributed by atoms with E-state index >= 15 is 0 Å². The smallest absolute Gasteiger partial charge is 0.224 e. The Balaban J connectivity index is 1.30. The lowest BCUT2D eigenvalue weighted by Crippen LogP contribution is -2.78. The zero-order valence-corrected chi connectivity index (χ0v) is 22.8. The van der Waals surface area contributed by atoms with Crippen LogP contribution >= 0.6 is 11.3 Å². The molecule has 2 saturated carbocycles. The molecule has 8 rings (SSSR count). The van der Waals surface area contributed by atoms with Gasteiger partial charge in [-0.3, -0.25) is 9.69 Å². The first-order chi connectivity index (χ1) is 18.3. The molecule has 38 heavy (non-hydrogen) atoms. The van der Waals surface area contributed by atoms with E-state index < -0.39 is 17.1 Å². The Morgan fingerprint density at radius 2 is 2.00 bits per heavy atom. The number of hydrogen-bond donors (Lipinski definition) is 2. The number of likely N-dealkylation sites (tertiary alicyclic amines) is 1. The highest BCUT2D eigenvalue weighted by Gasteiger charge is 2.73. The number of thiophene rings is 1. The van der Waals surface area contributed by atoms with Crippen molar-refractivity contribution in [2.45, 2.75) is 81.6 Å². The first-order valence-electron chi connectivity index (χ1n) is 14.1. The zero-order chi connectivity index (χ0) is 26.0. The first kappa shape index (κ1) is 23.3. The average molecular weight is 531 g/mol. The molecule has 1 aromatic heterocycles. The van der Waals surface area contributed by atoms with Gasteiger partial charge in [-0.05, 0) is 75.6 Å². The van der Waals surface area contributed by atoms with Crippen LogP contribution in [0.2, 0.25) is 0 Å². The summed E-state index contributed by atoms with van der Waals surface area (Å²) in [4.78, 5) is 19.1. The molecule has 3 aromatic rings. The molecular weight excluding hydrogens is 496 g/mol. The van der Waals surface area contributed by atoms with Crippen molar-refractivity contribution in [1.82, 2.24) is 4.90 Å². The van der Waals surface area contributed by atoms with Gasteiger partial charge in [-0.2, -0.15) is 0 Å². The maximum atomic E-state index is 13.5. The van der Waals surface area contributed by atoms with Crippen molar-refractivity contribution in [3.05, 3.63) is 52.4 Å². The summed E-state index contributed by atoms with van der Waals surface area (Å²) >= 11 is 1.71. The minimum atomic E-state index is -0.957. The molecule has 3 aliphatic carbocycles. The molecule has 198 valence electrons. The normalized spacial score (nSPS) is 33.2. The summed E-state index contributed by atoms with van der Waals surface area (Å²) < 4.78 is 7.94. The summed E-state index contributed by atoms with van der Waals surface area (Å²) in [5, 5.41) is 24.9. The summed E-state index contributed by atoms with van der Waals surface area (Å²) in [6.07, 6.45) is 4.97. The number of nitrogens with zero attached hydrogens (tertiary/aromatic N) is 2. The van der Waals surface area contributed by atoms with Crippen molar-refractivity contribution < 1.29 is 19.7 Å². The van der Waals surface area contributed by atoms with Crippen molar-refractivity contribution in [1.29, 1.82) is 0 Å². The number of carbonyl (C=O) groups excluding carboxylic acids is 1. The van der Waals surface area contributed by atoms with Crippen LogP contribution in [-0.2, 0) is 16.6 Å².